The van der Waals surface area contributed by atoms with E-state index in [1.807, 2.05) is 30.3 Å². The lowest BCUT2D eigenvalue weighted by atomic mass is 10.1. The van der Waals surface area contributed by atoms with Gasteiger partial charge in [0.05, 0.1) is 6.61 Å². The predicted octanol–water partition coefficient (Wildman–Crippen LogP) is 2.18. The van der Waals surface area contributed by atoms with Crippen LogP contribution >= 0.6 is 0 Å². The molecule has 2 aromatic carbocycles. The molecule has 0 fully saturated rings. The van der Waals surface area contributed by atoms with Crippen molar-refractivity contribution in [2.45, 2.75) is 6.61 Å². The number of aliphatic hydroxyl groups excluding tert-OH is 1. The molecular weight excluding hydrogens is 224 g/mol. The van der Waals surface area contributed by atoms with Crippen LogP contribution in [0.4, 0.5) is 0 Å². The topological polar surface area (TPSA) is 20.2 Å². The van der Waals surface area contributed by atoms with Gasteiger partial charge in [-0.15, -0.1) is 0 Å². The van der Waals surface area contributed by atoms with Crippen LogP contribution in [0.2, 0.25) is 0 Å². The van der Waals surface area contributed by atoms with Gasteiger partial charge in [0.2, 0.25) is 0 Å². The third kappa shape index (κ3) is 3.70. The maximum Gasteiger partial charge on any atom is 0.111 e. The fourth-order valence-corrected chi connectivity index (χ4v) is 2.36. The van der Waals surface area contributed by atoms with Gasteiger partial charge in [0.15, 0.2) is 0 Å². The summed E-state index contributed by atoms with van der Waals surface area (Å²) in [4.78, 5) is 0. The van der Waals surface area contributed by atoms with Crippen molar-refractivity contribution >= 4 is 20.8 Å². The van der Waals surface area contributed by atoms with Gasteiger partial charge in [0.25, 0.3) is 0 Å². The molecule has 0 heterocycles. The van der Waals surface area contributed by atoms with E-state index in [1.54, 1.807) is 0 Å². The van der Waals surface area contributed by atoms with Crippen molar-refractivity contribution in [3.8, 4) is 0 Å². The molecule has 1 nitrogen and oxygen atoms in total. The van der Waals surface area contributed by atoms with Gasteiger partial charge < -0.3 is 5.11 Å². The van der Waals surface area contributed by atoms with E-state index in [4.69, 9.17) is 5.11 Å². The second-order valence-corrected chi connectivity index (χ2v) is 4.94. The van der Waals surface area contributed by atoms with Gasteiger partial charge in [-0.25, -0.2) is 0 Å². The average molecular weight is 238 g/mol. The Labute approximate surface area is 104 Å². The molecule has 17 heavy (non-hydrogen) atoms. The first-order valence-corrected chi connectivity index (χ1v) is 6.64. The predicted molar refractivity (Wildman–Crippen MR) is 73.2 cm³/mol. The van der Waals surface area contributed by atoms with Gasteiger partial charge in [0.1, 0.15) is 9.52 Å². The van der Waals surface area contributed by atoms with Crippen molar-refractivity contribution in [3.63, 3.8) is 0 Å². The summed E-state index contributed by atoms with van der Waals surface area (Å²) in [5.41, 5.74) is 4.31. The van der Waals surface area contributed by atoms with Crippen LogP contribution in [0.1, 0.15) is 11.1 Å². The van der Waals surface area contributed by atoms with E-state index in [1.165, 1.54) is 10.8 Å². The van der Waals surface area contributed by atoms with Crippen molar-refractivity contribution < 1.29 is 5.11 Å². The number of rotatable bonds is 4. The molecule has 0 spiro atoms. The van der Waals surface area contributed by atoms with Crippen molar-refractivity contribution in [3.05, 3.63) is 71.4 Å². The highest BCUT2D eigenvalue weighted by Crippen LogP contribution is 2.05. The minimum absolute atomic E-state index is 0.107. The summed E-state index contributed by atoms with van der Waals surface area (Å²) in [5, 5.41) is 10.3. The standard InChI is InChI=1S/C15H14OSi/c16-12-14-8-6-13(7-9-14)10-11-17-15-4-2-1-3-5-15/h1-11,16H,12H2/b11-10-. The second-order valence-electron chi connectivity index (χ2n) is 3.74. The summed E-state index contributed by atoms with van der Waals surface area (Å²) in [7, 11) is 0.698. The van der Waals surface area contributed by atoms with Crippen molar-refractivity contribution in [1.29, 1.82) is 0 Å². The van der Waals surface area contributed by atoms with Gasteiger partial charge in [-0.05, 0) is 11.1 Å². The Hall–Kier alpha value is -1.64. The lowest BCUT2D eigenvalue weighted by molar-refractivity contribution is 0.282. The first kappa shape index (κ1) is 11.8. The molecule has 0 atom stereocenters. The van der Waals surface area contributed by atoms with Crippen LogP contribution < -0.4 is 5.19 Å². The van der Waals surface area contributed by atoms with E-state index in [0.717, 1.165) is 5.56 Å². The first-order valence-electron chi connectivity index (χ1n) is 5.56. The second kappa shape index (κ2) is 6.18. The van der Waals surface area contributed by atoms with Crippen LogP contribution in [-0.4, -0.2) is 14.6 Å². The molecule has 0 aliphatic carbocycles. The molecule has 1 N–H and O–H groups in total. The average Bonchev–Trinajstić information content (AvgIpc) is 2.41. The van der Waals surface area contributed by atoms with Crippen LogP contribution in [0, 0.1) is 0 Å². The molecular formula is C15H14OSi. The smallest absolute Gasteiger partial charge is 0.111 e. The van der Waals surface area contributed by atoms with Crippen molar-refractivity contribution in [1.82, 2.24) is 0 Å². The van der Waals surface area contributed by atoms with Gasteiger partial charge in [-0.1, -0.05) is 71.6 Å². The molecule has 2 aromatic rings. The zero-order chi connectivity index (χ0) is 11.9. The molecule has 0 saturated heterocycles. The summed E-state index contributed by atoms with van der Waals surface area (Å²) < 4.78 is 0. The maximum absolute atomic E-state index is 8.94. The Bertz CT molecular complexity index is 474. The minimum atomic E-state index is 0.107. The zero-order valence-corrected chi connectivity index (χ0v) is 10.5. The largest absolute Gasteiger partial charge is 0.392 e. The monoisotopic (exact) mass is 238 g/mol. The highest BCUT2D eigenvalue weighted by atomic mass is 28.2. The van der Waals surface area contributed by atoms with Gasteiger partial charge in [0, 0.05) is 0 Å². The lowest BCUT2D eigenvalue weighted by Gasteiger charge is -1.97. The molecule has 0 saturated carbocycles. The number of hydrogen-bond acceptors (Lipinski definition) is 1. The zero-order valence-electron chi connectivity index (χ0n) is 9.51. The number of benzene rings is 2. The number of hydrogen-bond donors (Lipinski definition) is 1. The Morgan fingerprint density at radius 1 is 0.941 bits per heavy atom. The number of aliphatic hydroxyl groups is 1. The fraction of sp³-hybridized carbons (Fsp3) is 0.0667. The minimum Gasteiger partial charge on any atom is -0.392 e. The third-order valence-electron chi connectivity index (χ3n) is 2.46. The van der Waals surface area contributed by atoms with E-state index in [2.05, 4.69) is 36.0 Å². The van der Waals surface area contributed by atoms with Gasteiger partial charge in [-0.2, -0.15) is 0 Å². The Morgan fingerprint density at radius 3 is 2.29 bits per heavy atom. The van der Waals surface area contributed by atoms with Crippen molar-refractivity contribution in [2.75, 3.05) is 0 Å². The SMILES string of the molecule is OCc1ccc(/C=C\[Si]c2ccccc2)cc1. The third-order valence-corrected chi connectivity index (χ3v) is 3.46. The van der Waals surface area contributed by atoms with Crippen LogP contribution in [0.25, 0.3) is 6.08 Å². The molecule has 0 aliphatic heterocycles. The molecule has 2 rings (SSSR count). The Kier molecular flexibility index (Phi) is 4.30. The molecule has 2 radical (unpaired) electrons. The summed E-state index contributed by atoms with van der Waals surface area (Å²) in [5.74, 6) is 0. The highest BCUT2D eigenvalue weighted by Gasteiger charge is 1.91. The van der Waals surface area contributed by atoms with Crippen LogP contribution in [0.15, 0.2) is 60.3 Å². The normalized spacial score (nSPS) is 10.9. The molecule has 0 aliphatic rings. The van der Waals surface area contributed by atoms with Crippen LogP contribution in [0.3, 0.4) is 0 Å². The van der Waals surface area contributed by atoms with E-state index in [9.17, 15) is 0 Å². The molecule has 0 amide bonds. The van der Waals surface area contributed by atoms with E-state index in [-0.39, 0.29) is 6.61 Å². The maximum atomic E-state index is 8.94. The van der Waals surface area contributed by atoms with E-state index < -0.39 is 0 Å². The molecule has 0 bridgehead atoms. The van der Waals surface area contributed by atoms with Gasteiger partial charge in [-0.3, -0.25) is 0 Å². The summed E-state index contributed by atoms with van der Waals surface area (Å²) in [6.45, 7) is 0.107. The Balaban J connectivity index is 1.96. The van der Waals surface area contributed by atoms with Gasteiger partial charge >= 0.3 is 0 Å². The Morgan fingerprint density at radius 2 is 1.65 bits per heavy atom. The van der Waals surface area contributed by atoms with Crippen LogP contribution in [0.5, 0.6) is 0 Å². The summed E-state index contributed by atoms with van der Waals surface area (Å²) in [6.07, 6.45) is 2.12. The molecule has 0 aromatic heterocycles. The van der Waals surface area contributed by atoms with E-state index in [0.29, 0.717) is 9.52 Å². The van der Waals surface area contributed by atoms with Crippen molar-refractivity contribution in [2.24, 2.45) is 0 Å². The summed E-state index contributed by atoms with van der Waals surface area (Å²) >= 11 is 0. The molecule has 2 heteroatoms. The van der Waals surface area contributed by atoms with Crippen LogP contribution in [-0.2, 0) is 6.61 Å². The summed E-state index contributed by atoms with van der Waals surface area (Å²) in [6, 6.07) is 18.4. The van der Waals surface area contributed by atoms with E-state index >= 15 is 0 Å². The first-order chi connectivity index (χ1) is 8.38. The lowest BCUT2D eigenvalue weighted by Crippen LogP contribution is -2.09. The molecule has 0 unspecified atom stereocenters. The molecule has 84 valence electrons. The quantitative estimate of drug-likeness (QED) is 0.810. The highest BCUT2D eigenvalue weighted by molar-refractivity contribution is 6.59. The fourth-order valence-electron chi connectivity index (χ4n) is 1.50.